The molecule has 0 radical (unpaired) electrons. The Bertz CT molecular complexity index is 644. The zero-order valence-corrected chi connectivity index (χ0v) is 10.3. The molecule has 0 aliphatic carbocycles. The first kappa shape index (κ1) is 13.7. The molecule has 0 saturated carbocycles. The number of pyridine rings is 1. The fourth-order valence-electron chi connectivity index (χ4n) is 1.70. The number of halogens is 1. The van der Waals surface area contributed by atoms with Crippen LogP contribution >= 0.6 is 0 Å². The minimum atomic E-state index is -1.30. The summed E-state index contributed by atoms with van der Waals surface area (Å²) in [5.41, 5.74) is 0.0952. The predicted molar refractivity (Wildman–Crippen MR) is 69.9 cm³/mol. The van der Waals surface area contributed by atoms with Crippen LogP contribution in [0.15, 0.2) is 42.7 Å². The molecule has 2 rings (SSSR count). The number of anilines is 1. The van der Waals surface area contributed by atoms with Crippen molar-refractivity contribution in [1.29, 1.82) is 0 Å². The smallest absolute Gasteiger partial charge is 0.337 e. The SMILES string of the molecule is O=C(Cc1ccncc1)Nc1c(F)cccc1C(=O)O. The van der Waals surface area contributed by atoms with Crippen molar-refractivity contribution in [3.05, 3.63) is 59.7 Å². The number of hydrogen-bond acceptors (Lipinski definition) is 3. The zero-order chi connectivity index (χ0) is 14.5. The molecule has 0 saturated heterocycles. The highest BCUT2D eigenvalue weighted by Crippen LogP contribution is 2.20. The van der Waals surface area contributed by atoms with Gasteiger partial charge in [-0.1, -0.05) is 6.07 Å². The quantitative estimate of drug-likeness (QED) is 0.894. The summed E-state index contributed by atoms with van der Waals surface area (Å²) in [7, 11) is 0. The Kier molecular flexibility index (Phi) is 4.05. The molecule has 1 aromatic carbocycles. The Morgan fingerprint density at radius 2 is 1.90 bits per heavy atom. The van der Waals surface area contributed by atoms with Crippen LogP contribution < -0.4 is 5.32 Å². The number of nitrogens with one attached hydrogen (secondary N) is 1. The van der Waals surface area contributed by atoms with E-state index in [4.69, 9.17) is 5.11 Å². The summed E-state index contributed by atoms with van der Waals surface area (Å²) in [6.07, 6.45) is 3.08. The Morgan fingerprint density at radius 3 is 2.55 bits per heavy atom. The minimum absolute atomic E-state index is 0.00983. The number of carboxylic acid groups (broad SMARTS) is 1. The van der Waals surface area contributed by atoms with Gasteiger partial charge in [-0.05, 0) is 29.8 Å². The third-order valence-electron chi connectivity index (χ3n) is 2.62. The van der Waals surface area contributed by atoms with E-state index in [2.05, 4.69) is 10.3 Å². The van der Waals surface area contributed by atoms with Crippen molar-refractivity contribution in [2.75, 3.05) is 5.32 Å². The molecule has 1 aromatic heterocycles. The Morgan fingerprint density at radius 1 is 1.20 bits per heavy atom. The van der Waals surface area contributed by atoms with E-state index in [1.807, 2.05) is 0 Å². The van der Waals surface area contributed by atoms with Gasteiger partial charge >= 0.3 is 5.97 Å². The van der Waals surface area contributed by atoms with Crippen molar-refractivity contribution in [3.8, 4) is 0 Å². The van der Waals surface area contributed by atoms with Gasteiger partial charge in [0.2, 0.25) is 5.91 Å². The predicted octanol–water partition coefficient (Wildman–Crippen LogP) is 2.10. The highest BCUT2D eigenvalue weighted by molar-refractivity contribution is 6.01. The van der Waals surface area contributed by atoms with E-state index >= 15 is 0 Å². The van der Waals surface area contributed by atoms with Crippen LogP contribution in [0.2, 0.25) is 0 Å². The largest absolute Gasteiger partial charge is 0.478 e. The van der Waals surface area contributed by atoms with Gasteiger partial charge in [0, 0.05) is 12.4 Å². The topological polar surface area (TPSA) is 79.3 Å². The molecule has 102 valence electrons. The van der Waals surface area contributed by atoms with Crippen LogP contribution in [-0.2, 0) is 11.2 Å². The number of benzene rings is 1. The highest BCUT2D eigenvalue weighted by atomic mass is 19.1. The van der Waals surface area contributed by atoms with Crippen LogP contribution in [0.4, 0.5) is 10.1 Å². The van der Waals surface area contributed by atoms with E-state index < -0.39 is 17.7 Å². The summed E-state index contributed by atoms with van der Waals surface area (Å²) in [6, 6.07) is 6.90. The number of nitrogens with zero attached hydrogens (tertiary/aromatic N) is 1. The molecular weight excluding hydrogens is 263 g/mol. The first-order chi connectivity index (χ1) is 9.58. The first-order valence-electron chi connectivity index (χ1n) is 5.78. The number of aromatic carboxylic acids is 1. The Balaban J connectivity index is 2.18. The van der Waals surface area contributed by atoms with Gasteiger partial charge in [0.25, 0.3) is 0 Å². The highest BCUT2D eigenvalue weighted by Gasteiger charge is 2.16. The molecule has 1 heterocycles. The number of hydrogen-bond donors (Lipinski definition) is 2. The molecule has 20 heavy (non-hydrogen) atoms. The summed E-state index contributed by atoms with van der Waals surface area (Å²) in [5.74, 6) is -2.58. The minimum Gasteiger partial charge on any atom is -0.478 e. The van der Waals surface area contributed by atoms with Crippen LogP contribution in [0, 0.1) is 5.82 Å². The summed E-state index contributed by atoms with van der Waals surface area (Å²) in [5, 5.41) is 11.3. The normalized spacial score (nSPS) is 10.1. The second-order valence-corrected chi connectivity index (χ2v) is 4.05. The van der Waals surface area contributed by atoms with Gasteiger partial charge < -0.3 is 10.4 Å². The van der Waals surface area contributed by atoms with Gasteiger partial charge in [0.1, 0.15) is 5.82 Å². The van der Waals surface area contributed by atoms with Crippen LogP contribution in [0.3, 0.4) is 0 Å². The third-order valence-corrected chi connectivity index (χ3v) is 2.62. The van der Waals surface area contributed by atoms with Crippen molar-refractivity contribution in [2.45, 2.75) is 6.42 Å². The summed E-state index contributed by atoms with van der Waals surface area (Å²) < 4.78 is 13.6. The molecule has 1 amide bonds. The molecule has 0 aliphatic rings. The molecule has 2 N–H and O–H groups in total. The average Bonchev–Trinajstić information content (AvgIpc) is 2.42. The standard InChI is InChI=1S/C14H11FN2O3/c15-11-3-1-2-10(14(19)20)13(11)17-12(18)8-9-4-6-16-7-5-9/h1-7H,8H2,(H,17,18)(H,19,20). The van der Waals surface area contributed by atoms with Crippen molar-refractivity contribution in [1.82, 2.24) is 4.98 Å². The van der Waals surface area contributed by atoms with Gasteiger partial charge in [0.15, 0.2) is 0 Å². The maximum absolute atomic E-state index is 13.6. The van der Waals surface area contributed by atoms with Gasteiger partial charge in [-0.25, -0.2) is 9.18 Å². The number of carbonyl (C=O) groups is 2. The second-order valence-electron chi connectivity index (χ2n) is 4.05. The molecule has 0 atom stereocenters. The molecule has 0 fully saturated rings. The van der Waals surface area contributed by atoms with Crippen molar-refractivity contribution >= 4 is 17.6 Å². The molecule has 0 aliphatic heterocycles. The maximum atomic E-state index is 13.6. The first-order valence-corrected chi connectivity index (χ1v) is 5.78. The lowest BCUT2D eigenvalue weighted by molar-refractivity contribution is -0.115. The van der Waals surface area contributed by atoms with Crippen LogP contribution in [0.5, 0.6) is 0 Å². The Labute approximate surface area is 114 Å². The summed E-state index contributed by atoms with van der Waals surface area (Å²) >= 11 is 0. The van der Waals surface area contributed by atoms with E-state index in [-0.39, 0.29) is 17.7 Å². The van der Waals surface area contributed by atoms with Crippen LogP contribution in [0.1, 0.15) is 15.9 Å². The molecule has 0 unspecified atom stereocenters. The van der Waals surface area contributed by atoms with E-state index in [9.17, 15) is 14.0 Å². The lowest BCUT2D eigenvalue weighted by Crippen LogP contribution is -2.18. The van der Waals surface area contributed by atoms with Crippen molar-refractivity contribution in [2.24, 2.45) is 0 Å². The van der Waals surface area contributed by atoms with Gasteiger partial charge in [-0.3, -0.25) is 9.78 Å². The van der Waals surface area contributed by atoms with Crippen LogP contribution in [-0.4, -0.2) is 22.0 Å². The number of rotatable bonds is 4. The lowest BCUT2D eigenvalue weighted by atomic mass is 10.1. The molecular formula is C14H11FN2O3. The molecule has 6 heteroatoms. The fourth-order valence-corrected chi connectivity index (χ4v) is 1.70. The summed E-state index contributed by atoms with van der Waals surface area (Å²) in [6.45, 7) is 0. The summed E-state index contributed by atoms with van der Waals surface area (Å²) in [4.78, 5) is 26.6. The van der Waals surface area contributed by atoms with Gasteiger partial charge in [-0.15, -0.1) is 0 Å². The fraction of sp³-hybridized carbons (Fsp3) is 0.0714. The molecule has 2 aromatic rings. The molecule has 0 spiro atoms. The van der Waals surface area contributed by atoms with Crippen molar-refractivity contribution < 1.29 is 19.1 Å². The van der Waals surface area contributed by atoms with Gasteiger partial charge in [-0.2, -0.15) is 0 Å². The number of para-hydroxylation sites is 1. The van der Waals surface area contributed by atoms with Gasteiger partial charge in [0.05, 0.1) is 17.7 Å². The number of carboxylic acids is 1. The monoisotopic (exact) mass is 274 g/mol. The van der Waals surface area contributed by atoms with E-state index in [1.165, 1.54) is 24.5 Å². The number of carbonyl (C=O) groups excluding carboxylic acids is 1. The zero-order valence-electron chi connectivity index (χ0n) is 10.3. The van der Waals surface area contributed by atoms with E-state index in [0.29, 0.717) is 5.56 Å². The third kappa shape index (κ3) is 3.17. The Hall–Kier alpha value is -2.76. The van der Waals surface area contributed by atoms with Crippen LogP contribution in [0.25, 0.3) is 0 Å². The average molecular weight is 274 g/mol. The number of aromatic nitrogens is 1. The maximum Gasteiger partial charge on any atom is 0.337 e. The second kappa shape index (κ2) is 5.92. The lowest BCUT2D eigenvalue weighted by Gasteiger charge is -2.09. The molecule has 5 nitrogen and oxygen atoms in total. The van der Waals surface area contributed by atoms with Crippen molar-refractivity contribution in [3.63, 3.8) is 0 Å². The number of amides is 1. The van der Waals surface area contributed by atoms with E-state index in [0.717, 1.165) is 6.07 Å². The molecule has 0 bridgehead atoms. The van der Waals surface area contributed by atoms with E-state index in [1.54, 1.807) is 12.1 Å².